The first-order valence-corrected chi connectivity index (χ1v) is 14.7. The van der Waals surface area contributed by atoms with E-state index in [1.54, 1.807) is 24.0 Å². The quantitative estimate of drug-likeness (QED) is 0.197. The van der Waals surface area contributed by atoms with Crippen LogP contribution in [0.15, 0.2) is 42.5 Å². The van der Waals surface area contributed by atoms with Crippen LogP contribution in [0.3, 0.4) is 0 Å². The molecule has 0 saturated heterocycles. The Morgan fingerprint density at radius 3 is 2.36 bits per heavy atom. The lowest BCUT2D eigenvalue weighted by Crippen LogP contribution is -2.40. The molecule has 3 amide bonds. The smallest absolute Gasteiger partial charge is 0.407 e. The minimum atomic E-state index is -0.516. The van der Waals surface area contributed by atoms with Crippen LogP contribution in [0.4, 0.5) is 16.2 Å². The number of hydrogen-bond acceptors (Lipinski definition) is 7. The number of alkyl carbamates (subject to hydrolysis) is 1. The molecule has 3 rings (SSSR count). The Balaban J connectivity index is 1.67. The van der Waals surface area contributed by atoms with Crippen LogP contribution in [0.25, 0.3) is 0 Å². The molecule has 10 nitrogen and oxygen atoms in total. The second-order valence-electron chi connectivity index (χ2n) is 11.4. The third kappa shape index (κ3) is 10.1. The molecular formula is C32H44N4O6. The Bertz CT molecular complexity index is 1240. The number of nitrogens with zero attached hydrogens (tertiary/aromatic N) is 2. The van der Waals surface area contributed by atoms with Gasteiger partial charge in [-0.2, -0.15) is 0 Å². The fraction of sp³-hybridized carbons (Fsp3) is 0.500. The van der Waals surface area contributed by atoms with Crippen molar-refractivity contribution in [3.8, 4) is 0 Å². The molecule has 3 N–H and O–H groups in total. The number of hydrogen-bond donors (Lipinski definition) is 2. The Kier molecular flexibility index (Phi) is 11.8. The Hall–Kier alpha value is -4.08. The number of anilines is 2. The van der Waals surface area contributed by atoms with E-state index in [1.165, 1.54) is 4.90 Å². The number of carbonyl (C=O) groups excluding carboxylic acids is 4. The van der Waals surface area contributed by atoms with E-state index in [2.05, 4.69) is 5.32 Å². The molecule has 0 aromatic heterocycles. The Morgan fingerprint density at radius 2 is 1.67 bits per heavy atom. The first-order chi connectivity index (χ1) is 20.0. The predicted molar refractivity (Wildman–Crippen MR) is 162 cm³/mol. The van der Waals surface area contributed by atoms with E-state index in [0.717, 1.165) is 43.2 Å². The topological polar surface area (TPSA) is 131 Å². The van der Waals surface area contributed by atoms with Gasteiger partial charge in [0.25, 0.3) is 5.91 Å². The van der Waals surface area contributed by atoms with E-state index in [-0.39, 0.29) is 37.9 Å². The van der Waals surface area contributed by atoms with Gasteiger partial charge in [-0.1, -0.05) is 31.0 Å². The molecule has 0 fully saturated rings. The highest BCUT2D eigenvalue weighted by molar-refractivity contribution is 6.09. The summed E-state index contributed by atoms with van der Waals surface area (Å²) in [5.41, 5.74) is 8.84. The van der Waals surface area contributed by atoms with Crippen molar-refractivity contribution < 1.29 is 28.7 Å². The van der Waals surface area contributed by atoms with Gasteiger partial charge in [-0.15, -0.1) is 0 Å². The summed E-state index contributed by atoms with van der Waals surface area (Å²) in [7, 11) is 0. The van der Waals surface area contributed by atoms with Crippen LogP contribution in [-0.2, 0) is 32.0 Å². The van der Waals surface area contributed by atoms with E-state index >= 15 is 0 Å². The van der Waals surface area contributed by atoms with Crippen LogP contribution in [0, 0.1) is 0 Å². The maximum atomic E-state index is 13.7. The lowest BCUT2D eigenvalue weighted by atomic mass is 10.0. The van der Waals surface area contributed by atoms with Crippen molar-refractivity contribution in [1.29, 1.82) is 0 Å². The number of aryl methyl sites for hydroxylation is 1. The highest BCUT2D eigenvalue weighted by atomic mass is 16.6. The first-order valence-electron chi connectivity index (χ1n) is 14.7. The Morgan fingerprint density at radius 1 is 0.976 bits per heavy atom. The number of unbranched alkanes of at least 4 members (excludes halogenated alkanes) is 3. The SMILES string of the molecule is CCOC(=O)CCN1CC(=O)N(Cc2ccc(N)cc2)c2ccc(CCCCCCNC(=O)OC(C)(C)C)cc2C1=O. The number of carbonyl (C=O) groups is 4. The summed E-state index contributed by atoms with van der Waals surface area (Å²) in [4.78, 5) is 53.9. The minimum absolute atomic E-state index is 0.0165. The highest BCUT2D eigenvalue weighted by Gasteiger charge is 2.32. The summed E-state index contributed by atoms with van der Waals surface area (Å²) in [6, 6.07) is 13.0. The molecule has 0 spiro atoms. The fourth-order valence-corrected chi connectivity index (χ4v) is 4.70. The molecule has 0 atom stereocenters. The summed E-state index contributed by atoms with van der Waals surface area (Å²) < 4.78 is 10.3. The molecule has 0 unspecified atom stereocenters. The average Bonchev–Trinajstić information content (AvgIpc) is 3.02. The molecule has 2 aromatic carbocycles. The van der Waals surface area contributed by atoms with Crippen molar-refractivity contribution >= 4 is 35.3 Å². The summed E-state index contributed by atoms with van der Waals surface area (Å²) in [6.07, 6.45) is 4.06. The van der Waals surface area contributed by atoms with Crippen LogP contribution in [0.2, 0.25) is 0 Å². The average molecular weight is 581 g/mol. The predicted octanol–water partition coefficient (Wildman–Crippen LogP) is 4.84. The number of esters is 1. The number of fused-ring (bicyclic) bond motifs is 1. The van der Waals surface area contributed by atoms with Crippen molar-refractivity contribution in [1.82, 2.24) is 10.2 Å². The fourth-order valence-electron chi connectivity index (χ4n) is 4.70. The molecular weight excluding hydrogens is 536 g/mol. The van der Waals surface area contributed by atoms with Gasteiger partial charge in [0, 0.05) is 18.8 Å². The van der Waals surface area contributed by atoms with Crippen molar-refractivity contribution in [3.05, 3.63) is 59.2 Å². The normalized spacial score (nSPS) is 13.4. The third-order valence-electron chi connectivity index (χ3n) is 6.77. The maximum Gasteiger partial charge on any atom is 0.407 e. The number of nitrogen functional groups attached to an aromatic ring is 1. The van der Waals surface area contributed by atoms with Crippen molar-refractivity contribution in [3.63, 3.8) is 0 Å². The van der Waals surface area contributed by atoms with Crippen molar-refractivity contribution in [2.24, 2.45) is 0 Å². The molecule has 0 radical (unpaired) electrons. The summed E-state index contributed by atoms with van der Waals surface area (Å²) in [5.74, 6) is -0.913. The minimum Gasteiger partial charge on any atom is -0.466 e. The molecule has 1 aliphatic rings. The van der Waals surface area contributed by atoms with Crippen LogP contribution < -0.4 is 16.0 Å². The molecule has 1 heterocycles. The van der Waals surface area contributed by atoms with Crippen LogP contribution in [0.5, 0.6) is 0 Å². The number of benzene rings is 2. The van der Waals surface area contributed by atoms with E-state index < -0.39 is 17.7 Å². The van der Waals surface area contributed by atoms with Gasteiger partial charge in [0.2, 0.25) is 5.91 Å². The van der Waals surface area contributed by atoms with E-state index in [4.69, 9.17) is 15.2 Å². The molecule has 0 bridgehead atoms. The van der Waals surface area contributed by atoms with Gasteiger partial charge in [-0.25, -0.2) is 4.79 Å². The maximum absolute atomic E-state index is 13.7. The Labute approximate surface area is 248 Å². The molecule has 10 heteroatoms. The number of amides is 3. The molecule has 228 valence electrons. The zero-order valence-corrected chi connectivity index (χ0v) is 25.2. The van der Waals surface area contributed by atoms with Gasteiger partial charge in [-0.3, -0.25) is 14.4 Å². The second-order valence-corrected chi connectivity index (χ2v) is 11.4. The molecule has 0 saturated carbocycles. The van der Waals surface area contributed by atoms with Gasteiger partial charge >= 0.3 is 12.1 Å². The van der Waals surface area contributed by atoms with E-state index in [1.807, 2.05) is 51.1 Å². The monoisotopic (exact) mass is 580 g/mol. The van der Waals surface area contributed by atoms with Gasteiger partial charge < -0.3 is 30.3 Å². The van der Waals surface area contributed by atoms with Gasteiger partial charge in [0.15, 0.2) is 0 Å². The van der Waals surface area contributed by atoms with Crippen molar-refractivity contribution in [2.45, 2.75) is 78.4 Å². The lowest BCUT2D eigenvalue weighted by Gasteiger charge is -2.23. The third-order valence-corrected chi connectivity index (χ3v) is 6.77. The lowest BCUT2D eigenvalue weighted by molar-refractivity contribution is -0.143. The van der Waals surface area contributed by atoms with E-state index in [0.29, 0.717) is 30.0 Å². The zero-order valence-electron chi connectivity index (χ0n) is 25.2. The summed E-state index contributed by atoms with van der Waals surface area (Å²) >= 11 is 0. The summed E-state index contributed by atoms with van der Waals surface area (Å²) in [6.45, 7) is 8.30. The summed E-state index contributed by atoms with van der Waals surface area (Å²) in [5, 5.41) is 2.78. The standard InChI is InChI=1S/C32H44N4O6/c1-5-41-29(38)17-19-35-22-28(37)36(21-24-11-14-25(33)15-12-24)27-16-13-23(20-26(27)30(35)39)10-8-6-7-9-18-34-31(40)42-32(2,3)4/h11-16,20H,5-10,17-19,21-22,33H2,1-4H3,(H,34,40). The molecule has 0 aliphatic carbocycles. The number of nitrogens with two attached hydrogens (primary N) is 1. The largest absolute Gasteiger partial charge is 0.466 e. The van der Waals surface area contributed by atoms with Crippen LogP contribution in [0.1, 0.15) is 81.3 Å². The molecule has 1 aliphatic heterocycles. The molecule has 2 aromatic rings. The second kappa shape index (κ2) is 15.2. The van der Waals surface area contributed by atoms with Crippen molar-refractivity contribution in [2.75, 3.05) is 36.9 Å². The van der Waals surface area contributed by atoms with Crippen LogP contribution >= 0.6 is 0 Å². The van der Waals surface area contributed by atoms with Crippen LogP contribution in [-0.4, -0.2) is 60.6 Å². The number of rotatable bonds is 13. The van der Waals surface area contributed by atoms with Gasteiger partial charge in [0.1, 0.15) is 12.1 Å². The number of nitrogens with one attached hydrogen (secondary N) is 1. The van der Waals surface area contributed by atoms with E-state index in [9.17, 15) is 19.2 Å². The number of ether oxygens (including phenoxy) is 2. The van der Waals surface area contributed by atoms with Gasteiger partial charge in [0.05, 0.1) is 30.8 Å². The first kappa shape index (κ1) is 32.4. The zero-order chi connectivity index (χ0) is 30.7. The van der Waals surface area contributed by atoms with Gasteiger partial charge in [-0.05, 0) is 82.3 Å². The highest BCUT2D eigenvalue weighted by Crippen LogP contribution is 2.29. The molecule has 42 heavy (non-hydrogen) atoms.